The molecule has 0 aliphatic heterocycles. The highest BCUT2D eigenvalue weighted by Gasteiger charge is 2.22. The predicted octanol–water partition coefficient (Wildman–Crippen LogP) is 2.31. The van der Waals surface area contributed by atoms with Crippen LogP contribution in [0.2, 0.25) is 0 Å². The number of halogens is 2. The van der Waals surface area contributed by atoms with Crippen molar-refractivity contribution in [2.45, 2.75) is 13.0 Å². The molecule has 0 unspecified atom stereocenters. The maximum atomic E-state index is 13.1. The van der Waals surface area contributed by atoms with Crippen LogP contribution >= 0.6 is 11.3 Å². The van der Waals surface area contributed by atoms with E-state index in [1.54, 1.807) is 5.38 Å². The van der Waals surface area contributed by atoms with E-state index < -0.39 is 35.5 Å². The second-order valence-corrected chi connectivity index (χ2v) is 5.64. The van der Waals surface area contributed by atoms with E-state index in [2.05, 4.69) is 5.32 Å². The molecule has 2 aromatic rings. The molecule has 126 valence electrons. The summed E-state index contributed by atoms with van der Waals surface area (Å²) >= 11 is 1.07. The quantitative estimate of drug-likeness (QED) is 0.805. The summed E-state index contributed by atoms with van der Waals surface area (Å²) < 4.78 is 31.0. The molecular formula is C15H12F2N2O4S. The molecule has 0 radical (unpaired) electrons. The lowest BCUT2D eigenvalue weighted by atomic mass is 10.2. The number of nitrogens with two attached hydrogens (primary N) is 1. The summed E-state index contributed by atoms with van der Waals surface area (Å²) in [5.41, 5.74) is 4.92. The number of esters is 1. The Bertz CT molecular complexity index is 786. The lowest BCUT2D eigenvalue weighted by molar-refractivity contribution is -0.123. The number of carbonyl (C=O) groups excluding carboxylic acids is 3. The van der Waals surface area contributed by atoms with E-state index in [0.717, 1.165) is 23.5 Å². The number of anilines is 1. The minimum Gasteiger partial charge on any atom is -0.449 e. The molecule has 0 bridgehead atoms. The van der Waals surface area contributed by atoms with Gasteiger partial charge < -0.3 is 15.8 Å². The van der Waals surface area contributed by atoms with Gasteiger partial charge in [-0.3, -0.25) is 9.59 Å². The maximum absolute atomic E-state index is 13.1. The van der Waals surface area contributed by atoms with Crippen LogP contribution in [0.3, 0.4) is 0 Å². The number of hydrogen-bond acceptors (Lipinski definition) is 5. The fraction of sp³-hybridized carbons (Fsp3) is 0.133. The van der Waals surface area contributed by atoms with Gasteiger partial charge >= 0.3 is 5.97 Å². The molecule has 0 fully saturated rings. The van der Waals surface area contributed by atoms with Crippen LogP contribution in [0, 0.1) is 11.6 Å². The summed E-state index contributed by atoms with van der Waals surface area (Å²) in [6.07, 6.45) is -1.26. The lowest BCUT2D eigenvalue weighted by Crippen LogP contribution is -2.30. The molecule has 0 saturated heterocycles. The van der Waals surface area contributed by atoms with Crippen LogP contribution in [0.4, 0.5) is 13.8 Å². The van der Waals surface area contributed by atoms with Gasteiger partial charge in [-0.05, 0) is 30.5 Å². The lowest BCUT2D eigenvalue weighted by Gasteiger charge is -2.13. The molecule has 0 saturated carbocycles. The average molecular weight is 354 g/mol. The summed E-state index contributed by atoms with van der Waals surface area (Å²) in [6, 6.07) is 3.63. The molecule has 2 amide bonds. The van der Waals surface area contributed by atoms with Crippen molar-refractivity contribution in [2.75, 3.05) is 5.32 Å². The van der Waals surface area contributed by atoms with Crippen LogP contribution < -0.4 is 11.1 Å². The van der Waals surface area contributed by atoms with Crippen molar-refractivity contribution in [1.82, 2.24) is 0 Å². The van der Waals surface area contributed by atoms with Crippen molar-refractivity contribution in [1.29, 1.82) is 0 Å². The first kappa shape index (κ1) is 17.5. The number of amides is 2. The van der Waals surface area contributed by atoms with Crippen LogP contribution in [-0.2, 0) is 9.53 Å². The molecule has 2 rings (SSSR count). The largest absolute Gasteiger partial charge is 0.449 e. The van der Waals surface area contributed by atoms with Gasteiger partial charge in [0, 0.05) is 6.07 Å². The van der Waals surface area contributed by atoms with Crippen LogP contribution in [0.25, 0.3) is 0 Å². The van der Waals surface area contributed by atoms with E-state index in [1.165, 1.54) is 13.0 Å². The molecule has 1 aromatic heterocycles. The zero-order chi connectivity index (χ0) is 17.9. The summed E-state index contributed by atoms with van der Waals surface area (Å²) in [5.74, 6) is -4.37. The highest BCUT2D eigenvalue weighted by atomic mass is 32.1. The third-order valence-electron chi connectivity index (χ3n) is 2.92. The number of rotatable bonds is 5. The van der Waals surface area contributed by atoms with E-state index in [4.69, 9.17) is 10.5 Å². The zero-order valence-corrected chi connectivity index (χ0v) is 13.2. The fourth-order valence-corrected chi connectivity index (χ4v) is 2.56. The SMILES string of the molecule is C[C@H](OC(=O)c1cc(F)cc(F)c1)C(=O)Nc1sccc1C(N)=O. The van der Waals surface area contributed by atoms with Gasteiger partial charge in [-0.1, -0.05) is 0 Å². The molecule has 6 nitrogen and oxygen atoms in total. The molecule has 1 aromatic carbocycles. The Morgan fingerprint density at radius 2 is 1.83 bits per heavy atom. The van der Waals surface area contributed by atoms with Gasteiger partial charge in [-0.25, -0.2) is 13.6 Å². The topological polar surface area (TPSA) is 98.5 Å². The zero-order valence-electron chi connectivity index (χ0n) is 12.3. The Morgan fingerprint density at radius 3 is 2.42 bits per heavy atom. The Morgan fingerprint density at radius 1 is 1.21 bits per heavy atom. The van der Waals surface area contributed by atoms with Crippen LogP contribution in [-0.4, -0.2) is 23.9 Å². The van der Waals surface area contributed by atoms with Gasteiger partial charge in [0.15, 0.2) is 6.10 Å². The number of benzene rings is 1. The highest BCUT2D eigenvalue weighted by molar-refractivity contribution is 7.14. The van der Waals surface area contributed by atoms with Crippen molar-refractivity contribution in [3.63, 3.8) is 0 Å². The van der Waals surface area contributed by atoms with E-state index in [9.17, 15) is 23.2 Å². The van der Waals surface area contributed by atoms with Crippen molar-refractivity contribution in [3.8, 4) is 0 Å². The molecule has 1 heterocycles. The molecule has 3 N–H and O–H groups in total. The van der Waals surface area contributed by atoms with Gasteiger partial charge in [0.05, 0.1) is 11.1 Å². The number of ether oxygens (including phenoxy) is 1. The van der Waals surface area contributed by atoms with Gasteiger partial charge in [0.1, 0.15) is 16.6 Å². The van der Waals surface area contributed by atoms with E-state index >= 15 is 0 Å². The normalized spacial score (nSPS) is 11.6. The second kappa shape index (κ2) is 7.18. The van der Waals surface area contributed by atoms with Crippen LogP contribution in [0.1, 0.15) is 27.6 Å². The molecule has 0 aliphatic rings. The number of hydrogen-bond donors (Lipinski definition) is 2. The Kier molecular flexibility index (Phi) is 5.24. The number of carbonyl (C=O) groups is 3. The third kappa shape index (κ3) is 4.13. The number of nitrogens with one attached hydrogen (secondary N) is 1. The second-order valence-electron chi connectivity index (χ2n) is 4.72. The van der Waals surface area contributed by atoms with Crippen molar-refractivity contribution < 1.29 is 27.9 Å². The summed E-state index contributed by atoms with van der Waals surface area (Å²) in [7, 11) is 0. The molecular weight excluding hydrogens is 342 g/mol. The van der Waals surface area contributed by atoms with Crippen molar-refractivity contribution in [2.24, 2.45) is 5.73 Å². The molecule has 0 spiro atoms. The van der Waals surface area contributed by atoms with Gasteiger partial charge in [0.2, 0.25) is 0 Å². The maximum Gasteiger partial charge on any atom is 0.339 e. The van der Waals surface area contributed by atoms with E-state index in [-0.39, 0.29) is 16.1 Å². The van der Waals surface area contributed by atoms with Crippen LogP contribution in [0.5, 0.6) is 0 Å². The summed E-state index contributed by atoms with van der Waals surface area (Å²) in [5, 5.41) is 4.18. The Balaban J connectivity index is 2.04. The Hall–Kier alpha value is -2.81. The summed E-state index contributed by atoms with van der Waals surface area (Å²) in [6.45, 7) is 1.28. The number of thiophene rings is 1. The van der Waals surface area contributed by atoms with Gasteiger partial charge in [0.25, 0.3) is 11.8 Å². The molecule has 1 atom stereocenters. The number of primary amides is 1. The first-order valence-corrected chi connectivity index (χ1v) is 7.51. The minimum absolute atomic E-state index is 0.124. The summed E-state index contributed by atoms with van der Waals surface area (Å²) in [4.78, 5) is 35.0. The molecule has 0 aliphatic carbocycles. The van der Waals surface area contributed by atoms with Crippen molar-refractivity contribution in [3.05, 3.63) is 52.4 Å². The monoisotopic (exact) mass is 354 g/mol. The van der Waals surface area contributed by atoms with Crippen LogP contribution in [0.15, 0.2) is 29.6 Å². The first-order valence-electron chi connectivity index (χ1n) is 6.63. The predicted molar refractivity (Wildman–Crippen MR) is 82.7 cm³/mol. The highest BCUT2D eigenvalue weighted by Crippen LogP contribution is 2.23. The minimum atomic E-state index is -1.26. The average Bonchev–Trinajstić information content (AvgIpc) is 2.94. The van der Waals surface area contributed by atoms with Gasteiger partial charge in [-0.15, -0.1) is 11.3 Å². The third-order valence-corrected chi connectivity index (χ3v) is 3.75. The van der Waals surface area contributed by atoms with Crippen molar-refractivity contribution >= 4 is 34.1 Å². The van der Waals surface area contributed by atoms with E-state index in [1.807, 2.05) is 0 Å². The van der Waals surface area contributed by atoms with E-state index in [0.29, 0.717) is 6.07 Å². The fourth-order valence-electron chi connectivity index (χ4n) is 1.77. The van der Waals surface area contributed by atoms with Gasteiger partial charge in [-0.2, -0.15) is 0 Å². The Labute approximate surface area is 139 Å². The smallest absolute Gasteiger partial charge is 0.339 e. The first-order chi connectivity index (χ1) is 11.3. The standard InChI is InChI=1S/C15H12F2N2O4S/c1-7(13(21)19-14-11(12(18)20)2-3-24-14)23-15(22)8-4-9(16)6-10(17)5-8/h2-7H,1H3,(H2,18,20)(H,19,21)/t7-/m0/s1. The molecule has 24 heavy (non-hydrogen) atoms. The molecule has 9 heteroatoms.